The largest absolute Gasteiger partial charge is 1.00 e. The summed E-state index contributed by atoms with van der Waals surface area (Å²) in [6.45, 7) is 1.33. The number of carbonyl (C=O) groups is 1. The van der Waals surface area contributed by atoms with Crippen LogP contribution in [0.5, 0.6) is 0 Å². The lowest BCUT2D eigenvalue weighted by Gasteiger charge is -1.94. The molecule has 1 amide bonds. The topological polar surface area (TPSA) is 73.0 Å². The van der Waals surface area contributed by atoms with Crippen LogP contribution in [0.2, 0.25) is 0 Å². The molecule has 0 bridgehead atoms. The lowest BCUT2D eigenvalue weighted by molar-refractivity contribution is -0.694. The molecule has 0 aliphatic carbocycles. The number of rotatable bonds is 3. The van der Waals surface area contributed by atoms with E-state index >= 15 is 0 Å². The zero-order valence-corrected chi connectivity index (χ0v) is 7.87. The molecule has 0 aliphatic heterocycles. The van der Waals surface area contributed by atoms with E-state index < -0.39 is 5.91 Å². The van der Waals surface area contributed by atoms with Crippen LogP contribution in [0.15, 0.2) is 24.5 Å². The highest BCUT2D eigenvalue weighted by molar-refractivity contribution is 5.92. The summed E-state index contributed by atoms with van der Waals surface area (Å²) in [5.41, 5.74) is 10.9. The van der Waals surface area contributed by atoms with Gasteiger partial charge in [-0.1, -0.05) is 0 Å². The van der Waals surface area contributed by atoms with Crippen molar-refractivity contribution in [1.29, 1.82) is 0 Å². The summed E-state index contributed by atoms with van der Waals surface area (Å²) in [5.74, 6) is -0.408. The van der Waals surface area contributed by atoms with Crippen LogP contribution in [0.4, 0.5) is 0 Å². The number of pyridine rings is 1. The number of aromatic nitrogens is 1. The van der Waals surface area contributed by atoms with Crippen molar-refractivity contribution < 1.29 is 21.8 Å². The minimum atomic E-state index is -0.408. The van der Waals surface area contributed by atoms with Crippen LogP contribution in [0.3, 0.4) is 0 Å². The molecule has 0 aromatic carbocycles. The molecule has 1 aromatic rings. The van der Waals surface area contributed by atoms with E-state index in [9.17, 15) is 4.79 Å². The average molecular weight is 202 g/mol. The molecule has 1 rings (SSSR count). The first kappa shape index (κ1) is 11.9. The van der Waals surface area contributed by atoms with Crippen molar-refractivity contribution in [3.8, 4) is 0 Å². The Morgan fingerprint density at radius 2 is 1.92 bits per heavy atom. The zero-order chi connectivity index (χ0) is 8.97. The van der Waals surface area contributed by atoms with Crippen molar-refractivity contribution in [2.45, 2.75) is 6.54 Å². The molecule has 1 aromatic heterocycles. The molecular formula is C8H12ClN3O. The highest BCUT2D eigenvalue weighted by Crippen LogP contribution is 1.91. The molecule has 0 saturated carbocycles. The van der Waals surface area contributed by atoms with Gasteiger partial charge in [-0.25, -0.2) is 4.57 Å². The minimum absolute atomic E-state index is 0. The van der Waals surface area contributed by atoms with Gasteiger partial charge in [0.25, 0.3) is 0 Å². The summed E-state index contributed by atoms with van der Waals surface area (Å²) in [6.07, 6.45) is 3.57. The molecular weight excluding hydrogens is 190 g/mol. The first-order valence-electron chi connectivity index (χ1n) is 3.73. The number of hydrogen-bond acceptors (Lipinski definition) is 2. The second-order valence-corrected chi connectivity index (χ2v) is 2.48. The molecule has 4 nitrogen and oxygen atoms in total. The molecule has 0 unspecified atom stereocenters. The fourth-order valence-corrected chi connectivity index (χ4v) is 0.920. The summed E-state index contributed by atoms with van der Waals surface area (Å²) >= 11 is 0. The Morgan fingerprint density at radius 3 is 2.31 bits per heavy atom. The fraction of sp³-hybridized carbons (Fsp3) is 0.250. The Bertz CT molecular complexity index is 273. The molecule has 0 saturated heterocycles. The lowest BCUT2D eigenvalue weighted by atomic mass is 10.2. The number of nitrogens with zero attached hydrogens (tertiary/aromatic N) is 1. The van der Waals surface area contributed by atoms with Gasteiger partial charge in [-0.05, 0) is 0 Å². The van der Waals surface area contributed by atoms with E-state index in [4.69, 9.17) is 11.5 Å². The summed E-state index contributed by atoms with van der Waals surface area (Å²) in [6, 6.07) is 3.36. The second kappa shape index (κ2) is 5.50. The number of primary amides is 1. The van der Waals surface area contributed by atoms with Gasteiger partial charge in [0.2, 0.25) is 5.91 Å². The smallest absolute Gasteiger partial charge is 0.249 e. The normalized spacial score (nSPS) is 9.00. The third-order valence-corrected chi connectivity index (χ3v) is 1.56. The summed E-state index contributed by atoms with van der Waals surface area (Å²) in [5, 5.41) is 0. The predicted molar refractivity (Wildman–Crippen MR) is 44.2 cm³/mol. The molecule has 0 spiro atoms. The third-order valence-electron chi connectivity index (χ3n) is 1.56. The van der Waals surface area contributed by atoms with E-state index in [0.29, 0.717) is 12.1 Å². The molecule has 0 aliphatic rings. The van der Waals surface area contributed by atoms with Gasteiger partial charge in [-0.15, -0.1) is 0 Å². The van der Waals surface area contributed by atoms with Gasteiger partial charge in [0.15, 0.2) is 18.9 Å². The number of halogens is 1. The van der Waals surface area contributed by atoms with Gasteiger partial charge in [0, 0.05) is 12.1 Å². The van der Waals surface area contributed by atoms with Crippen LogP contribution in [0.1, 0.15) is 10.4 Å². The highest BCUT2D eigenvalue weighted by Gasteiger charge is 2.02. The number of carbonyl (C=O) groups excluding carboxylic acids is 1. The van der Waals surface area contributed by atoms with E-state index in [1.54, 1.807) is 24.5 Å². The molecule has 0 fully saturated rings. The summed E-state index contributed by atoms with van der Waals surface area (Å²) < 4.78 is 1.90. The third kappa shape index (κ3) is 3.40. The monoisotopic (exact) mass is 201 g/mol. The van der Waals surface area contributed by atoms with Crippen LogP contribution in [-0.4, -0.2) is 12.5 Å². The standard InChI is InChI=1S/C8H11N3O.ClH/c9-3-6-11-4-1-7(2-5-11)8(10)12;/h1-2,4-5H,3,6,9H2,(H-,10,12);1H. The van der Waals surface area contributed by atoms with Crippen LogP contribution in [-0.2, 0) is 6.54 Å². The number of hydrogen-bond donors (Lipinski definition) is 2. The van der Waals surface area contributed by atoms with Gasteiger partial charge >= 0.3 is 0 Å². The summed E-state index contributed by atoms with van der Waals surface area (Å²) in [7, 11) is 0. The molecule has 0 atom stereocenters. The van der Waals surface area contributed by atoms with Crippen LogP contribution in [0, 0.1) is 0 Å². The van der Waals surface area contributed by atoms with Crippen molar-refractivity contribution in [2.24, 2.45) is 11.5 Å². The van der Waals surface area contributed by atoms with Gasteiger partial charge < -0.3 is 23.9 Å². The van der Waals surface area contributed by atoms with E-state index in [1.807, 2.05) is 4.57 Å². The van der Waals surface area contributed by atoms with Crippen LogP contribution >= 0.6 is 0 Å². The van der Waals surface area contributed by atoms with Crippen molar-refractivity contribution in [3.63, 3.8) is 0 Å². The molecule has 4 N–H and O–H groups in total. The maximum atomic E-state index is 10.7. The Balaban J connectivity index is 0.00000144. The molecule has 1 heterocycles. The molecule has 72 valence electrons. The Morgan fingerprint density at radius 1 is 1.38 bits per heavy atom. The van der Waals surface area contributed by atoms with Gasteiger partial charge in [0.05, 0.1) is 12.1 Å². The van der Waals surface area contributed by atoms with Gasteiger partial charge in [0.1, 0.15) is 0 Å². The Labute approximate surface area is 83.0 Å². The first-order chi connectivity index (χ1) is 5.74. The maximum absolute atomic E-state index is 10.7. The van der Waals surface area contributed by atoms with E-state index in [2.05, 4.69) is 0 Å². The summed E-state index contributed by atoms with van der Waals surface area (Å²) in [4.78, 5) is 10.7. The number of nitrogens with two attached hydrogens (primary N) is 2. The zero-order valence-electron chi connectivity index (χ0n) is 7.11. The van der Waals surface area contributed by atoms with E-state index in [0.717, 1.165) is 6.54 Å². The second-order valence-electron chi connectivity index (χ2n) is 2.48. The molecule has 5 heteroatoms. The van der Waals surface area contributed by atoms with Gasteiger partial charge in [-0.2, -0.15) is 0 Å². The maximum Gasteiger partial charge on any atom is 0.249 e. The van der Waals surface area contributed by atoms with Crippen LogP contribution in [0.25, 0.3) is 0 Å². The molecule has 13 heavy (non-hydrogen) atoms. The van der Waals surface area contributed by atoms with E-state index in [1.165, 1.54) is 0 Å². The SMILES string of the molecule is NCC[n+]1ccc(C(N)=O)cc1.[Cl-]. The number of amides is 1. The van der Waals surface area contributed by atoms with Crippen LogP contribution < -0.4 is 28.4 Å². The average Bonchev–Trinajstić information content (AvgIpc) is 2.06. The quantitative estimate of drug-likeness (QED) is 0.490. The Kier molecular flexibility index (Phi) is 5.03. The van der Waals surface area contributed by atoms with Crippen molar-refractivity contribution >= 4 is 5.91 Å². The fourth-order valence-electron chi connectivity index (χ4n) is 0.920. The Hall–Kier alpha value is -1.13. The van der Waals surface area contributed by atoms with E-state index in [-0.39, 0.29) is 12.4 Å². The minimum Gasteiger partial charge on any atom is -1.00 e. The molecule has 0 radical (unpaired) electrons. The van der Waals surface area contributed by atoms with Crippen molar-refractivity contribution in [3.05, 3.63) is 30.1 Å². The van der Waals surface area contributed by atoms with Crippen molar-refractivity contribution in [2.75, 3.05) is 6.54 Å². The first-order valence-corrected chi connectivity index (χ1v) is 3.73. The van der Waals surface area contributed by atoms with Crippen molar-refractivity contribution in [1.82, 2.24) is 0 Å². The lowest BCUT2D eigenvalue weighted by Crippen LogP contribution is -3.00. The highest BCUT2D eigenvalue weighted by atomic mass is 35.5. The predicted octanol–water partition coefficient (Wildman–Crippen LogP) is -3.96. The van der Waals surface area contributed by atoms with Gasteiger partial charge in [-0.3, -0.25) is 4.79 Å².